The number of carbonyl (C=O) groups excluding carboxylic acids is 1. The van der Waals surface area contributed by atoms with Crippen molar-refractivity contribution in [2.75, 3.05) is 6.61 Å². The molecular weight excluding hydrogens is 202 g/mol. The zero-order valence-corrected chi connectivity index (χ0v) is 8.25. The highest BCUT2D eigenvalue weighted by Crippen LogP contribution is 2.13. The molecule has 1 saturated heterocycles. The fourth-order valence-electron chi connectivity index (χ4n) is 1.48. The van der Waals surface area contributed by atoms with Crippen LogP contribution in [0.1, 0.15) is 5.56 Å². The van der Waals surface area contributed by atoms with Crippen LogP contribution in [0.5, 0.6) is 0 Å². The summed E-state index contributed by atoms with van der Waals surface area (Å²) in [6, 6.07) is 7.67. The molecule has 3 nitrogen and oxygen atoms in total. The van der Waals surface area contributed by atoms with Gasteiger partial charge in [0.1, 0.15) is 6.61 Å². The van der Waals surface area contributed by atoms with E-state index in [2.05, 4.69) is 5.32 Å². The van der Waals surface area contributed by atoms with Crippen LogP contribution in [-0.2, 0) is 11.2 Å². The first-order valence-corrected chi connectivity index (χ1v) is 4.79. The second-order valence-corrected chi connectivity index (χ2v) is 3.71. The second-order valence-electron chi connectivity index (χ2n) is 3.27. The third-order valence-corrected chi connectivity index (χ3v) is 2.34. The predicted molar refractivity (Wildman–Crippen MR) is 53.4 cm³/mol. The highest BCUT2D eigenvalue weighted by molar-refractivity contribution is 6.30. The molecule has 0 spiro atoms. The molecule has 2 rings (SSSR count). The molecule has 0 aromatic heterocycles. The topological polar surface area (TPSA) is 38.3 Å². The Labute approximate surface area is 87.0 Å². The Bertz CT molecular complexity index is 354. The molecule has 1 atom stereocenters. The minimum absolute atomic E-state index is 0.0703. The number of cyclic esters (lactones) is 1. The highest BCUT2D eigenvalue weighted by Gasteiger charge is 2.21. The van der Waals surface area contributed by atoms with Gasteiger partial charge in [-0.15, -0.1) is 0 Å². The maximum absolute atomic E-state index is 10.8. The maximum atomic E-state index is 10.8. The Balaban J connectivity index is 2.00. The van der Waals surface area contributed by atoms with Crippen molar-refractivity contribution in [2.45, 2.75) is 12.5 Å². The molecule has 74 valence electrons. The number of amides is 1. The van der Waals surface area contributed by atoms with Gasteiger partial charge < -0.3 is 10.1 Å². The molecule has 1 amide bonds. The zero-order valence-electron chi connectivity index (χ0n) is 7.50. The molecule has 1 unspecified atom stereocenters. The maximum Gasteiger partial charge on any atom is 0.407 e. The number of alkyl carbamates (subject to hydrolysis) is 1. The van der Waals surface area contributed by atoms with Gasteiger partial charge in [-0.2, -0.15) is 0 Å². The molecule has 1 aromatic rings. The number of hydrogen-bond donors (Lipinski definition) is 1. The van der Waals surface area contributed by atoms with Crippen LogP contribution in [0.2, 0.25) is 5.02 Å². The lowest BCUT2D eigenvalue weighted by Crippen LogP contribution is -2.28. The minimum Gasteiger partial charge on any atom is -0.447 e. The van der Waals surface area contributed by atoms with Crippen molar-refractivity contribution in [3.63, 3.8) is 0 Å². The third kappa shape index (κ3) is 2.17. The van der Waals surface area contributed by atoms with Gasteiger partial charge in [0.25, 0.3) is 0 Å². The number of benzene rings is 1. The molecule has 1 aliphatic heterocycles. The van der Waals surface area contributed by atoms with Gasteiger partial charge >= 0.3 is 6.09 Å². The summed E-state index contributed by atoms with van der Waals surface area (Å²) in [6.45, 7) is 0.436. The lowest BCUT2D eigenvalue weighted by molar-refractivity contribution is 0.177. The van der Waals surface area contributed by atoms with Gasteiger partial charge in [-0.1, -0.05) is 23.7 Å². The fraction of sp³-hybridized carbons (Fsp3) is 0.300. The Morgan fingerprint density at radius 3 is 3.07 bits per heavy atom. The fourth-order valence-corrected chi connectivity index (χ4v) is 1.70. The van der Waals surface area contributed by atoms with E-state index in [1.54, 1.807) is 0 Å². The van der Waals surface area contributed by atoms with Gasteiger partial charge in [-0.25, -0.2) is 4.79 Å². The number of hydrogen-bond acceptors (Lipinski definition) is 2. The van der Waals surface area contributed by atoms with Crippen LogP contribution in [0, 0.1) is 0 Å². The summed E-state index contributed by atoms with van der Waals surface area (Å²) >= 11 is 5.84. The van der Waals surface area contributed by atoms with Crippen LogP contribution in [0.3, 0.4) is 0 Å². The van der Waals surface area contributed by atoms with E-state index < -0.39 is 0 Å². The molecule has 0 aliphatic carbocycles. The summed E-state index contributed by atoms with van der Waals surface area (Å²) < 4.78 is 4.78. The van der Waals surface area contributed by atoms with E-state index in [9.17, 15) is 4.79 Å². The van der Waals surface area contributed by atoms with Crippen molar-refractivity contribution >= 4 is 17.7 Å². The van der Waals surface area contributed by atoms with Gasteiger partial charge in [-0.3, -0.25) is 0 Å². The number of halogens is 1. The molecule has 4 heteroatoms. The molecule has 14 heavy (non-hydrogen) atoms. The lowest BCUT2D eigenvalue weighted by Gasteiger charge is -2.06. The molecular formula is C10H10ClNO2. The van der Waals surface area contributed by atoms with Crippen LogP contribution in [0.25, 0.3) is 0 Å². The number of carbonyl (C=O) groups is 1. The summed E-state index contributed by atoms with van der Waals surface area (Å²) in [4.78, 5) is 10.8. The Kier molecular flexibility index (Phi) is 2.59. The summed E-state index contributed by atoms with van der Waals surface area (Å²) in [5, 5.41) is 3.43. The van der Waals surface area contributed by atoms with Gasteiger partial charge in [0, 0.05) is 5.02 Å². The van der Waals surface area contributed by atoms with Gasteiger partial charge in [0.15, 0.2) is 0 Å². The average molecular weight is 212 g/mol. The molecule has 1 heterocycles. The van der Waals surface area contributed by atoms with E-state index in [0.717, 1.165) is 12.0 Å². The number of ether oxygens (including phenoxy) is 1. The number of rotatable bonds is 2. The quantitative estimate of drug-likeness (QED) is 0.813. The van der Waals surface area contributed by atoms with Crippen molar-refractivity contribution in [3.8, 4) is 0 Å². The Morgan fingerprint density at radius 1 is 1.57 bits per heavy atom. The van der Waals surface area contributed by atoms with E-state index in [1.807, 2.05) is 24.3 Å². The van der Waals surface area contributed by atoms with E-state index >= 15 is 0 Å². The SMILES string of the molecule is O=C1NC(Cc2cccc(Cl)c2)CO1. The molecule has 1 fully saturated rings. The van der Waals surface area contributed by atoms with Crippen molar-refractivity contribution in [1.82, 2.24) is 5.32 Å². The third-order valence-electron chi connectivity index (χ3n) is 2.11. The van der Waals surface area contributed by atoms with Crippen molar-refractivity contribution < 1.29 is 9.53 Å². The standard InChI is InChI=1S/C10H10ClNO2/c11-8-3-1-2-7(4-8)5-9-6-14-10(13)12-9/h1-4,9H,5-6H2,(H,12,13). The summed E-state index contributed by atoms with van der Waals surface area (Å²) in [6.07, 6.45) is 0.420. The van der Waals surface area contributed by atoms with Crippen LogP contribution in [0.4, 0.5) is 4.79 Å². The van der Waals surface area contributed by atoms with Crippen LogP contribution >= 0.6 is 11.6 Å². The van der Waals surface area contributed by atoms with E-state index in [-0.39, 0.29) is 12.1 Å². The highest BCUT2D eigenvalue weighted by atomic mass is 35.5. The summed E-state index contributed by atoms with van der Waals surface area (Å²) in [7, 11) is 0. The summed E-state index contributed by atoms with van der Waals surface area (Å²) in [5.74, 6) is 0. The largest absolute Gasteiger partial charge is 0.447 e. The number of nitrogens with one attached hydrogen (secondary N) is 1. The molecule has 1 N–H and O–H groups in total. The minimum atomic E-state index is -0.336. The molecule has 1 aromatic carbocycles. The Hall–Kier alpha value is -1.22. The molecule has 0 saturated carbocycles. The monoisotopic (exact) mass is 211 g/mol. The molecule has 1 aliphatic rings. The van der Waals surface area contributed by atoms with E-state index in [0.29, 0.717) is 11.6 Å². The van der Waals surface area contributed by atoms with Gasteiger partial charge in [0.2, 0.25) is 0 Å². The van der Waals surface area contributed by atoms with Crippen LogP contribution < -0.4 is 5.32 Å². The second kappa shape index (κ2) is 3.88. The first-order chi connectivity index (χ1) is 6.74. The molecule has 0 radical (unpaired) electrons. The van der Waals surface area contributed by atoms with E-state index in [4.69, 9.17) is 16.3 Å². The smallest absolute Gasteiger partial charge is 0.407 e. The van der Waals surface area contributed by atoms with Gasteiger partial charge in [-0.05, 0) is 24.1 Å². The molecule has 0 bridgehead atoms. The van der Waals surface area contributed by atoms with Crippen LogP contribution in [0.15, 0.2) is 24.3 Å². The lowest BCUT2D eigenvalue weighted by atomic mass is 10.1. The first kappa shape index (κ1) is 9.34. The summed E-state index contributed by atoms with van der Waals surface area (Å²) in [5.41, 5.74) is 1.10. The van der Waals surface area contributed by atoms with Crippen molar-refractivity contribution in [3.05, 3.63) is 34.9 Å². The van der Waals surface area contributed by atoms with Crippen molar-refractivity contribution in [1.29, 1.82) is 0 Å². The normalized spacial score (nSPS) is 20.4. The zero-order chi connectivity index (χ0) is 9.97. The van der Waals surface area contributed by atoms with Gasteiger partial charge in [0.05, 0.1) is 6.04 Å². The Morgan fingerprint density at radius 2 is 2.43 bits per heavy atom. The predicted octanol–water partition coefficient (Wildman–Crippen LogP) is 1.99. The van der Waals surface area contributed by atoms with Crippen LogP contribution in [-0.4, -0.2) is 18.7 Å². The average Bonchev–Trinajstić information content (AvgIpc) is 2.51. The first-order valence-electron chi connectivity index (χ1n) is 4.42. The van der Waals surface area contributed by atoms with E-state index in [1.165, 1.54) is 0 Å². The van der Waals surface area contributed by atoms with Crippen molar-refractivity contribution in [2.24, 2.45) is 0 Å².